The van der Waals surface area contributed by atoms with Gasteiger partial charge in [0.05, 0.1) is 44.5 Å². The molecular weight excluding hydrogens is 794 g/mol. The molecule has 0 bridgehead atoms. The summed E-state index contributed by atoms with van der Waals surface area (Å²) >= 11 is 8.81. The molecule has 0 amide bonds. The van der Waals surface area contributed by atoms with E-state index < -0.39 is 85.5 Å². The molecule has 0 aliphatic carbocycles. The van der Waals surface area contributed by atoms with E-state index in [-0.39, 0.29) is 126 Å². The van der Waals surface area contributed by atoms with Gasteiger partial charge in [-0.2, -0.15) is 0 Å². The van der Waals surface area contributed by atoms with Gasteiger partial charge in [0, 0.05) is 22.6 Å². The predicted octanol–water partition coefficient (Wildman–Crippen LogP) is 18.2. The van der Waals surface area contributed by atoms with Crippen molar-refractivity contribution in [3.8, 4) is 10.6 Å². The van der Waals surface area contributed by atoms with Crippen LogP contribution in [0.4, 0.5) is 33.4 Å². The number of thiazole rings is 1. The molecule has 6 aromatic rings. The molecule has 1 heterocycles. The number of halogens is 1. The smallest absolute Gasteiger partial charge is 0.125 e. The summed E-state index contributed by atoms with van der Waals surface area (Å²) in [5.74, 6) is 0. The van der Waals surface area contributed by atoms with Crippen molar-refractivity contribution in [1.29, 1.82) is 0 Å². The second-order valence-corrected chi connectivity index (χ2v) is 23.4. The SMILES string of the molecule is [2H]c1cc(N(c2c([2H])c([2H])c(C(C)(C)C)c([2H])c2[2H])c2c([2H])c(C(C)(C)C)c([2H])c(N(c3cnc(-c4c([2H])c([2H])c(C(C)(C)C)c([2H])c4[2H])s3)c3c([2H])c(C(C)(C)C)c([2H])c(C(C)(C)C)c3[2H])c2Cl)c([2H])c([2H])c1C(C)(C)C. The van der Waals surface area contributed by atoms with Gasteiger partial charge >= 0.3 is 0 Å². The van der Waals surface area contributed by atoms with E-state index >= 15 is 0 Å². The van der Waals surface area contributed by atoms with Crippen molar-refractivity contribution in [2.75, 3.05) is 9.80 Å². The summed E-state index contributed by atoms with van der Waals surface area (Å²) in [6, 6.07) is -4.66. The molecular formula is C57H72ClN3S. The van der Waals surface area contributed by atoms with E-state index in [0.717, 1.165) is 16.2 Å². The fraction of sp³-hybridized carbons (Fsp3) is 0.421. The first-order valence-corrected chi connectivity index (χ1v) is 22.2. The topological polar surface area (TPSA) is 19.4 Å². The minimum absolute atomic E-state index is 0.00120. The molecule has 0 spiro atoms. The van der Waals surface area contributed by atoms with Crippen LogP contribution in [0.1, 0.15) is 180 Å². The van der Waals surface area contributed by atoms with Gasteiger partial charge in [0.15, 0.2) is 0 Å². The number of hydrogen-bond donors (Lipinski definition) is 0. The van der Waals surface area contributed by atoms with Crippen LogP contribution in [0, 0.1) is 0 Å². The fourth-order valence-electron chi connectivity index (χ4n) is 6.11. The Kier molecular flexibility index (Phi) is 8.02. The summed E-state index contributed by atoms with van der Waals surface area (Å²) in [4.78, 5) is 7.15. The first-order chi connectivity index (χ1) is 35.2. The second kappa shape index (κ2) is 16.6. The van der Waals surface area contributed by atoms with Crippen LogP contribution in [0.2, 0.25) is 5.02 Å². The molecule has 0 aliphatic heterocycles. The van der Waals surface area contributed by atoms with Crippen molar-refractivity contribution in [2.24, 2.45) is 0 Å². The predicted molar refractivity (Wildman–Crippen MR) is 274 cm³/mol. The molecule has 0 atom stereocenters. The molecule has 0 aliphatic rings. The Morgan fingerprint density at radius 3 is 1.27 bits per heavy atom. The van der Waals surface area contributed by atoms with Crippen LogP contribution in [0.25, 0.3) is 10.6 Å². The van der Waals surface area contributed by atoms with Gasteiger partial charge in [-0.15, -0.1) is 0 Å². The largest absolute Gasteiger partial charge is 0.309 e. The van der Waals surface area contributed by atoms with Crippen LogP contribution < -0.4 is 9.80 Å². The van der Waals surface area contributed by atoms with Crippen molar-refractivity contribution < 1.29 is 21.9 Å². The molecule has 62 heavy (non-hydrogen) atoms. The van der Waals surface area contributed by atoms with Crippen molar-refractivity contribution in [2.45, 2.75) is 157 Å². The number of rotatable bonds is 7. The van der Waals surface area contributed by atoms with Crippen LogP contribution >= 0.6 is 22.9 Å². The van der Waals surface area contributed by atoms with Crippen LogP contribution in [0.15, 0.2) is 109 Å². The average molecular weight is 883 g/mol. The fourth-order valence-corrected chi connectivity index (χ4v) is 7.26. The zero-order chi connectivity index (χ0) is 59.9. The lowest BCUT2D eigenvalue weighted by Crippen LogP contribution is -2.20. The van der Waals surface area contributed by atoms with E-state index in [1.807, 2.05) is 41.5 Å². The van der Waals surface area contributed by atoms with Gasteiger partial charge in [-0.3, -0.25) is 4.90 Å². The quantitative estimate of drug-likeness (QED) is 0.159. The number of hydrogen-bond acceptors (Lipinski definition) is 4. The highest BCUT2D eigenvalue weighted by molar-refractivity contribution is 7.19. The Morgan fingerprint density at radius 2 is 0.823 bits per heavy atom. The molecule has 0 unspecified atom stereocenters. The molecule has 1 aromatic heterocycles. The Balaban J connectivity index is 1.99. The normalized spacial score (nSPS) is 16.7. The third-order valence-corrected chi connectivity index (χ3v) is 11.5. The van der Waals surface area contributed by atoms with Crippen molar-refractivity contribution >= 4 is 56.4 Å². The van der Waals surface area contributed by atoms with Gasteiger partial charge in [0.25, 0.3) is 0 Å². The van der Waals surface area contributed by atoms with Crippen LogP contribution in [0.3, 0.4) is 0 Å². The van der Waals surface area contributed by atoms with E-state index in [1.54, 1.807) is 83.1 Å². The van der Waals surface area contributed by atoms with E-state index in [0.29, 0.717) is 0 Å². The molecule has 5 heteroatoms. The molecule has 0 saturated heterocycles. The first kappa shape index (κ1) is 29.9. The van der Waals surface area contributed by atoms with Crippen molar-refractivity contribution in [3.63, 3.8) is 0 Å². The first-order valence-electron chi connectivity index (χ1n) is 29.0. The number of anilines is 6. The molecule has 328 valence electrons. The number of benzene rings is 5. The summed E-state index contributed by atoms with van der Waals surface area (Å²) < 4.78 is 154. The van der Waals surface area contributed by atoms with Crippen molar-refractivity contribution in [1.82, 2.24) is 4.98 Å². The third-order valence-electron chi connectivity index (χ3n) is 10.1. The molecule has 6 rings (SSSR count). The van der Waals surface area contributed by atoms with E-state index in [9.17, 15) is 19.2 Å². The Hall–Kier alpha value is -4.38. The molecule has 0 saturated carbocycles. The Labute approximate surface area is 407 Å². The van der Waals surface area contributed by atoms with Crippen molar-refractivity contribution in [3.05, 3.63) is 147 Å². The minimum Gasteiger partial charge on any atom is -0.309 e. The third kappa shape index (κ3) is 10.3. The minimum atomic E-state index is -1.15. The van der Waals surface area contributed by atoms with Gasteiger partial charge < -0.3 is 4.90 Å². The van der Waals surface area contributed by atoms with Crippen LogP contribution in [-0.2, 0) is 32.5 Å². The number of aromatic nitrogens is 1. The summed E-state index contributed by atoms with van der Waals surface area (Å²) in [6.07, 6.45) is 1.34. The highest BCUT2D eigenvalue weighted by Crippen LogP contribution is 2.51. The highest BCUT2D eigenvalue weighted by atomic mass is 35.5. The van der Waals surface area contributed by atoms with E-state index in [4.69, 9.17) is 19.3 Å². The van der Waals surface area contributed by atoms with Gasteiger partial charge in [0.1, 0.15) is 10.0 Å². The maximum absolute atomic E-state index is 10.3. The Morgan fingerprint density at radius 1 is 0.435 bits per heavy atom. The lowest BCUT2D eigenvalue weighted by molar-refractivity contribution is 0.569. The summed E-state index contributed by atoms with van der Waals surface area (Å²) in [5, 5.41) is -0.439. The zero-order valence-electron chi connectivity index (χ0n) is 55.8. The lowest BCUT2D eigenvalue weighted by atomic mass is 9.80. The van der Waals surface area contributed by atoms with E-state index in [1.165, 1.54) is 17.2 Å². The molecule has 0 fully saturated rings. The highest BCUT2D eigenvalue weighted by Gasteiger charge is 2.30. The lowest BCUT2D eigenvalue weighted by Gasteiger charge is -2.34. The van der Waals surface area contributed by atoms with Crippen LogP contribution in [0.5, 0.6) is 0 Å². The maximum atomic E-state index is 10.3. The van der Waals surface area contributed by atoms with Crippen LogP contribution in [-0.4, -0.2) is 4.98 Å². The standard InChI is InChI=1S/C57H72ClN3S/c1-52(2,3)38-21-19-37(20-22-38)51-59-36-49(62-51)61(46-32-41(55(10,11)12)31-42(33-46)56(13,14)15)48-35-43(57(16,17)18)34-47(50(48)58)60(44-27-23-39(24-28-44)53(4,5)6)45-29-25-40(26-30-45)54(7,8)9/h19-36H,1-18H3/i19D,20D,21D,22D,23D,24D,25D,26D,27D,28D,29D,31D,32D,33D,34D,35D. The average Bonchev–Trinajstić information content (AvgIpc) is 3.71. The Bertz CT molecular complexity index is 3360. The van der Waals surface area contributed by atoms with Gasteiger partial charge in [-0.05, 0) is 114 Å². The molecule has 5 aromatic carbocycles. The zero-order valence-corrected chi connectivity index (χ0v) is 41.4. The van der Waals surface area contributed by atoms with E-state index in [2.05, 4.69) is 0 Å². The molecule has 3 nitrogen and oxygen atoms in total. The summed E-state index contributed by atoms with van der Waals surface area (Å²) in [6.45, 7) is 32.2. The monoisotopic (exact) mass is 882 g/mol. The second-order valence-electron chi connectivity index (χ2n) is 22.1. The van der Waals surface area contributed by atoms with Gasteiger partial charge in [-0.25, -0.2) is 4.98 Å². The molecule has 0 radical (unpaired) electrons. The van der Waals surface area contributed by atoms with Gasteiger partial charge in [-0.1, -0.05) is 202 Å². The summed E-state index contributed by atoms with van der Waals surface area (Å²) in [5.41, 5.74) is -6.35. The maximum Gasteiger partial charge on any atom is 0.125 e. The van der Waals surface area contributed by atoms with Gasteiger partial charge in [0.2, 0.25) is 0 Å². The summed E-state index contributed by atoms with van der Waals surface area (Å²) in [7, 11) is 0. The number of nitrogens with zero attached hydrogens (tertiary/aromatic N) is 3. The molecule has 0 N–H and O–H groups in total.